The van der Waals surface area contributed by atoms with Crippen molar-refractivity contribution in [1.29, 1.82) is 0 Å². The Kier molecular flexibility index (Phi) is 13.7. The van der Waals surface area contributed by atoms with Gasteiger partial charge in [-0.15, -0.1) is 0 Å². The van der Waals surface area contributed by atoms with Gasteiger partial charge in [0.2, 0.25) is 0 Å². The van der Waals surface area contributed by atoms with E-state index in [-0.39, 0.29) is 41.9 Å². The molecule has 0 unspecified atom stereocenters. The minimum Gasteiger partial charge on any atom is -1.00 e. The Bertz CT molecular complexity index is 869. The Labute approximate surface area is 209 Å². The van der Waals surface area contributed by atoms with Gasteiger partial charge in [0.15, 0.2) is 0 Å². The van der Waals surface area contributed by atoms with E-state index in [0.29, 0.717) is 0 Å². The van der Waals surface area contributed by atoms with E-state index in [0.717, 1.165) is 49.0 Å². The molecule has 0 saturated heterocycles. The molecule has 0 fully saturated rings. The summed E-state index contributed by atoms with van der Waals surface area (Å²) < 4.78 is 0. The summed E-state index contributed by atoms with van der Waals surface area (Å²) in [7, 11) is 0. The van der Waals surface area contributed by atoms with E-state index >= 15 is 0 Å². The average molecular weight is 501 g/mol. The summed E-state index contributed by atoms with van der Waals surface area (Å²) in [5, 5.41) is 3.62. The van der Waals surface area contributed by atoms with Crippen LogP contribution in [0.4, 0.5) is 5.69 Å². The second-order valence-electron chi connectivity index (χ2n) is 7.44. The number of pyridine rings is 2. The molecule has 0 aliphatic heterocycles. The fourth-order valence-electron chi connectivity index (χ4n) is 3.48. The molecule has 0 radical (unpaired) electrons. The molecule has 4 nitrogen and oxygen atoms in total. The molecule has 0 aliphatic carbocycles. The number of halogens is 2. The number of nitrogens with one attached hydrogen (secondary N) is 1. The van der Waals surface area contributed by atoms with Crippen LogP contribution in [0.2, 0.25) is 0 Å². The summed E-state index contributed by atoms with van der Waals surface area (Å²) in [6.45, 7) is 11.8. The van der Waals surface area contributed by atoms with E-state index < -0.39 is 0 Å². The van der Waals surface area contributed by atoms with Gasteiger partial charge in [-0.05, 0) is 63.1 Å². The Morgan fingerprint density at radius 2 is 1.16 bits per heavy atom. The maximum Gasteiger partial charge on any atom is 2.00 e. The van der Waals surface area contributed by atoms with Crippen LogP contribution in [0.3, 0.4) is 0 Å². The molecule has 31 heavy (non-hydrogen) atoms. The first-order valence-electron chi connectivity index (χ1n) is 9.89. The third-order valence-corrected chi connectivity index (χ3v) is 4.87. The van der Waals surface area contributed by atoms with Gasteiger partial charge in [0, 0.05) is 43.3 Å². The molecule has 3 aromatic rings. The van der Waals surface area contributed by atoms with Crippen LogP contribution in [0.5, 0.6) is 0 Å². The summed E-state index contributed by atoms with van der Waals surface area (Å²) >= 11 is 0. The molecular formula is C24H30Cl2FeN4. The van der Waals surface area contributed by atoms with Crippen LogP contribution in [0.25, 0.3) is 0 Å². The molecule has 0 saturated carbocycles. The van der Waals surface area contributed by atoms with Gasteiger partial charge < -0.3 is 30.1 Å². The first-order chi connectivity index (χ1) is 13.5. The van der Waals surface area contributed by atoms with Crippen molar-refractivity contribution < 1.29 is 41.9 Å². The number of rotatable bonds is 8. The van der Waals surface area contributed by atoms with Crippen molar-refractivity contribution in [2.75, 3.05) is 18.4 Å². The van der Waals surface area contributed by atoms with Crippen molar-refractivity contribution in [3.63, 3.8) is 0 Å². The first kappa shape index (κ1) is 29.4. The van der Waals surface area contributed by atoms with Crippen molar-refractivity contribution in [1.82, 2.24) is 14.9 Å². The minimum absolute atomic E-state index is 0. The van der Waals surface area contributed by atoms with Crippen molar-refractivity contribution in [2.45, 2.75) is 40.8 Å². The summed E-state index contributed by atoms with van der Waals surface area (Å²) in [5.74, 6) is 0. The number of para-hydroxylation sites is 1. The molecule has 0 spiro atoms. The maximum atomic E-state index is 4.68. The zero-order chi connectivity index (χ0) is 19.9. The predicted octanol–water partition coefficient (Wildman–Crippen LogP) is -1.17. The van der Waals surface area contributed by atoms with E-state index in [1.165, 1.54) is 16.8 Å². The van der Waals surface area contributed by atoms with Crippen molar-refractivity contribution in [3.8, 4) is 0 Å². The molecule has 7 heteroatoms. The summed E-state index contributed by atoms with van der Waals surface area (Å²) in [5.41, 5.74) is 8.11. The molecule has 0 amide bonds. The van der Waals surface area contributed by atoms with Crippen LogP contribution in [-0.4, -0.2) is 28.0 Å². The van der Waals surface area contributed by atoms with E-state index in [4.69, 9.17) is 0 Å². The first-order valence-corrected chi connectivity index (χ1v) is 9.89. The number of hydrogen-bond acceptors (Lipinski definition) is 4. The van der Waals surface area contributed by atoms with Gasteiger partial charge in [-0.2, -0.15) is 0 Å². The minimum atomic E-state index is 0. The van der Waals surface area contributed by atoms with Gasteiger partial charge in [0.25, 0.3) is 0 Å². The normalized spacial score (nSPS) is 9.97. The predicted molar refractivity (Wildman–Crippen MR) is 116 cm³/mol. The quantitative estimate of drug-likeness (QED) is 0.396. The maximum absolute atomic E-state index is 4.68. The Morgan fingerprint density at radius 3 is 1.61 bits per heavy atom. The fraction of sp³-hybridized carbons (Fsp3) is 0.333. The monoisotopic (exact) mass is 500 g/mol. The van der Waals surface area contributed by atoms with Gasteiger partial charge in [-0.3, -0.25) is 14.9 Å². The van der Waals surface area contributed by atoms with Gasteiger partial charge in [-0.1, -0.05) is 30.3 Å². The van der Waals surface area contributed by atoms with Crippen LogP contribution >= 0.6 is 0 Å². The van der Waals surface area contributed by atoms with Gasteiger partial charge >= 0.3 is 17.1 Å². The molecule has 168 valence electrons. The summed E-state index contributed by atoms with van der Waals surface area (Å²) in [6, 6.07) is 18.9. The molecule has 0 atom stereocenters. The van der Waals surface area contributed by atoms with Crippen LogP contribution in [0.15, 0.2) is 54.6 Å². The van der Waals surface area contributed by atoms with Crippen molar-refractivity contribution >= 4 is 5.69 Å². The van der Waals surface area contributed by atoms with E-state index in [2.05, 4.69) is 76.5 Å². The van der Waals surface area contributed by atoms with Gasteiger partial charge in [0.1, 0.15) is 0 Å². The third kappa shape index (κ3) is 9.18. The van der Waals surface area contributed by atoms with Crippen LogP contribution < -0.4 is 30.1 Å². The number of benzene rings is 1. The number of nitrogens with zero attached hydrogens (tertiary/aromatic N) is 3. The topological polar surface area (TPSA) is 41.0 Å². The Morgan fingerprint density at radius 1 is 0.710 bits per heavy atom. The van der Waals surface area contributed by atoms with Gasteiger partial charge in [0.05, 0.1) is 11.4 Å². The van der Waals surface area contributed by atoms with Crippen LogP contribution in [0, 0.1) is 27.7 Å². The zero-order valence-corrected chi connectivity index (χ0v) is 21.1. The molecule has 2 aromatic heterocycles. The molecule has 0 bridgehead atoms. The van der Waals surface area contributed by atoms with Crippen LogP contribution in [-0.2, 0) is 30.2 Å². The van der Waals surface area contributed by atoms with Gasteiger partial charge in [-0.25, -0.2) is 0 Å². The molecule has 2 heterocycles. The second-order valence-corrected chi connectivity index (χ2v) is 7.44. The molecular weight excluding hydrogens is 471 g/mol. The van der Waals surface area contributed by atoms with E-state index in [9.17, 15) is 0 Å². The fourth-order valence-corrected chi connectivity index (χ4v) is 3.48. The van der Waals surface area contributed by atoms with Crippen molar-refractivity contribution in [2.24, 2.45) is 0 Å². The smallest absolute Gasteiger partial charge is 1.00 e. The standard InChI is InChI=1S/C24H30N4.2ClH.Fe/c1-18-8-5-9-19(2)24(18)25-14-15-28(16-22-12-6-10-20(3)26-22)17-23-13-7-11-21(4)27-23;;;/h5-13,25H,14-17H2,1-4H3;2*1H;/q;;;+2/p-2. The number of aromatic nitrogens is 2. The summed E-state index contributed by atoms with van der Waals surface area (Å²) in [4.78, 5) is 11.8. The number of aryl methyl sites for hydroxylation is 4. The number of anilines is 1. The number of hydrogen-bond donors (Lipinski definition) is 1. The summed E-state index contributed by atoms with van der Waals surface area (Å²) in [6.07, 6.45) is 0. The molecule has 1 N–H and O–H groups in total. The zero-order valence-electron chi connectivity index (χ0n) is 18.5. The Balaban J connectivity index is 0.00000300. The van der Waals surface area contributed by atoms with Crippen LogP contribution in [0.1, 0.15) is 33.9 Å². The molecule has 3 rings (SSSR count). The molecule has 0 aliphatic rings. The van der Waals surface area contributed by atoms with E-state index in [1.807, 2.05) is 26.0 Å². The third-order valence-electron chi connectivity index (χ3n) is 4.87. The SMILES string of the molecule is Cc1cccc(CN(CCNc2c(C)cccc2C)Cc2cccc(C)n2)n1.[Cl-].[Cl-].[Fe+2]. The van der Waals surface area contributed by atoms with Crippen molar-refractivity contribution in [3.05, 3.63) is 88.5 Å². The Hall–Kier alpha value is -1.62. The van der Waals surface area contributed by atoms with E-state index in [1.54, 1.807) is 0 Å². The average Bonchev–Trinajstić information content (AvgIpc) is 2.64. The molecule has 1 aromatic carbocycles. The largest absolute Gasteiger partial charge is 2.00 e. The second kappa shape index (κ2) is 14.4.